The van der Waals surface area contributed by atoms with Crippen molar-refractivity contribution in [3.8, 4) is 0 Å². The van der Waals surface area contributed by atoms with Crippen LogP contribution in [0.25, 0.3) is 0 Å². The largest absolute Gasteiger partial charge is 0.468 e. The number of methoxy groups -OCH3 is 1. The predicted molar refractivity (Wildman–Crippen MR) is 79.4 cm³/mol. The summed E-state index contributed by atoms with van der Waals surface area (Å²) >= 11 is 0. The van der Waals surface area contributed by atoms with E-state index in [2.05, 4.69) is 5.32 Å². The maximum Gasteiger partial charge on any atom is 0.323 e. The Balaban J connectivity index is 2.78. The van der Waals surface area contributed by atoms with Crippen LogP contribution in [0, 0.1) is 18.2 Å². The molecule has 0 fully saturated rings. The number of hydrogen-bond donors (Lipinski definition) is 2. The first-order valence-electron chi connectivity index (χ1n) is 6.92. The number of ether oxygens (including phenoxy) is 1. The molecule has 1 rings (SSSR count). The van der Waals surface area contributed by atoms with E-state index in [9.17, 15) is 14.3 Å². The van der Waals surface area contributed by atoms with Crippen molar-refractivity contribution in [3.05, 3.63) is 35.1 Å². The van der Waals surface area contributed by atoms with Gasteiger partial charge in [-0.3, -0.25) is 4.79 Å². The minimum Gasteiger partial charge on any atom is -0.468 e. The number of benzene rings is 1. The molecule has 0 aliphatic heterocycles. The maximum absolute atomic E-state index is 13.1. The van der Waals surface area contributed by atoms with Crippen molar-refractivity contribution in [3.63, 3.8) is 0 Å². The molecule has 21 heavy (non-hydrogen) atoms. The van der Waals surface area contributed by atoms with Crippen molar-refractivity contribution in [1.29, 1.82) is 0 Å². The van der Waals surface area contributed by atoms with E-state index in [0.717, 1.165) is 0 Å². The first-order valence-corrected chi connectivity index (χ1v) is 6.92. The fourth-order valence-corrected chi connectivity index (χ4v) is 2.21. The monoisotopic (exact) mass is 297 g/mol. The highest BCUT2D eigenvalue weighted by atomic mass is 19.1. The fourth-order valence-electron chi connectivity index (χ4n) is 2.21. The van der Waals surface area contributed by atoms with Gasteiger partial charge in [-0.15, -0.1) is 0 Å². The average Bonchev–Trinajstić information content (AvgIpc) is 2.36. The number of hydrogen-bond acceptors (Lipinski definition) is 4. The van der Waals surface area contributed by atoms with Gasteiger partial charge in [0.25, 0.3) is 0 Å². The number of rotatable bonds is 5. The predicted octanol–water partition coefficient (Wildman–Crippen LogP) is 2.34. The van der Waals surface area contributed by atoms with Gasteiger partial charge in [0, 0.05) is 6.54 Å². The van der Waals surface area contributed by atoms with Gasteiger partial charge in [-0.2, -0.15) is 0 Å². The van der Waals surface area contributed by atoms with Crippen molar-refractivity contribution in [2.75, 3.05) is 13.7 Å². The van der Waals surface area contributed by atoms with Crippen molar-refractivity contribution >= 4 is 5.97 Å². The third kappa shape index (κ3) is 4.79. The summed E-state index contributed by atoms with van der Waals surface area (Å²) in [6.07, 6.45) is -0.819. The van der Waals surface area contributed by atoms with Gasteiger partial charge in [0.1, 0.15) is 11.9 Å². The smallest absolute Gasteiger partial charge is 0.323 e. The molecule has 0 bridgehead atoms. The molecule has 2 N–H and O–H groups in total. The van der Waals surface area contributed by atoms with Gasteiger partial charge in [-0.05, 0) is 35.6 Å². The normalized spacial score (nSPS) is 14.6. The first-order chi connectivity index (χ1) is 9.66. The second kappa shape index (κ2) is 7.00. The lowest BCUT2D eigenvalue weighted by atomic mass is 9.86. The van der Waals surface area contributed by atoms with E-state index in [1.54, 1.807) is 13.0 Å². The molecule has 5 heteroatoms. The van der Waals surface area contributed by atoms with E-state index in [1.807, 2.05) is 20.8 Å². The summed E-state index contributed by atoms with van der Waals surface area (Å²) in [6.45, 7) is 7.66. The standard InChI is InChI=1S/C16H24FNO3/c1-10-8-11(17)6-7-12(10)13(19)9-18-14(15(20)21-5)16(2,3)4/h6-8,13-14,18-19H,9H2,1-5H3. The number of carbonyl (C=O) groups excluding carboxylic acids is 1. The van der Waals surface area contributed by atoms with Gasteiger partial charge in [0.2, 0.25) is 0 Å². The second-order valence-electron chi connectivity index (χ2n) is 6.25. The molecule has 0 heterocycles. The molecule has 0 aromatic heterocycles. The van der Waals surface area contributed by atoms with Crippen molar-refractivity contribution in [1.82, 2.24) is 5.32 Å². The van der Waals surface area contributed by atoms with Crippen LogP contribution in [0.3, 0.4) is 0 Å². The van der Waals surface area contributed by atoms with Crippen LogP contribution in [0.15, 0.2) is 18.2 Å². The number of aryl methyl sites for hydroxylation is 1. The van der Waals surface area contributed by atoms with Crippen LogP contribution >= 0.6 is 0 Å². The number of aliphatic hydroxyl groups excluding tert-OH is 1. The van der Waals surface area contributed by atoms with E-state index in [4.69, 9.17) is 4.74 Å². The van der Waals surface area contributed by atoms with Crippen LogP contribution in [-0.2, 0) is 9.53 Å². The highest BCUT2D eigenvalue weighted by Gasteiger charge is 2.32. The minimum atomic E-state index is -0.819. The zero-order valence-corrected chi connectivity index (χ0v) is 13.2. The Labute approximate surface area is 125 Å². The van der Waals surface area contributed by atoms with Crippen LogP contribution in [0.2, 0.25) is 0 Å². The van der Waals surface area contributed by atoms with Crippen LogP contribution < -0.4 is 5.32 Å². The number of carbonyl (C=O) groups is 1. The number of aliphatic hydroxyl groups is 1. The molecule has 0 amide bonds. The van der Waals surface area contributed by atoms with E-state index in [-0.39, 0.29) is 23.7 Å². The summed E-state index contributed by atoms with van der Waals surface area (Å²) < 4.78 is 17.9. The van der Waals surface area contributed by atoms with Gasteiger partial charge < -0.3 is 15.2 Å². The van der Waals surface area contributed by atoms with E-state index in [0.29, 0.717) is 11.1 Å². The van der Waals surface area contributed by atoms with Crippen LogP contribution in [0.5, 0.6) is 0 Å². The lowest BCUT2D eigenvalue weighted by molar-refractivity contribution is -0.146. The Kier molecular flexibility index (Phi) is 5.87. The summed E-state index contributed by atoms with van der Waals surface area (Å²) in [5.74, 6) is -0.705. The Morgan fingerprint density at radius 2 is 2.05 bits per heavy atom. The molecule has 0 saturated heterocycles. The van der Waals surface area contributed by atoms with Crippen LogP contribution in [0.1, 0.15) is 38.0 Å². The molecule has 4 nitrogen and oxygen atoms in total. The second-order valence-corrected chi connectivity index (χ2v) is 6.25. The fraction of sp³-hybridized carbons (Fsp3) is 0.562. The van der Waals surface area contributed by atoms with Crippen molar-refractivity contribution in [2.45, 2.75) is 39.8 Å². The molecule has 0 saturated carbocycles. The van der Waals surface area contributed by atoms with Crippen LogP contribution in [0.4, 0.5) is 4.39 Å². The highest BCUT2D eigenvalue weighted by molar-refractivity contribution is 5.76. The molecule has 0 aliphatic rings. The molecular formula is C16H24FNO3. The molecule has 0 aliphatic carbocycles. The zero-order valence-electron chi connectivity index (χ0n) is 13.2. The Morgan fingerprint density at radius 3 is 2.52 bits per heavy atom. The molecule has 1 aromatic carbocycles. The summed E-state index contributed by atoms with van der Waals surface area (Å²) in [4.78, 5) is 11.8. The third-order valence-corrected chi connectivity index (χ3v) is 3.41. The summed E-state index contributed by atoms with van der Waals surface area (Å²) in [5.41, 5.74) is 0.973. The topological polar surface area (TPSA) is 58.6 Å². The van der Waals surface area contributed by atoms with Gasteiger partial charge in [0.05, 0.1) is 13.2 Å². The zero-order chi connectivity index (χ0) is 16.2. The average molecular weight is 297 g/mol. The number of nitrogens with one attached hydrogen (secondary N) is 1. The van der Waals surface area contributed by atoms with Gasteiger partial charge in [-0.25, -0.2) is 4.39 Å². The van der Waals surface area contributed by atoms with Crippen LogP contribution in [-0.4, -0.2) is 30.8 Å². The highest BCUT2D eigenvalue weighted by Crippen LogP contribution is 2.22. The quantitative estimate of drug-likeness (QED) is 0.819. The Hall–Kier alpha value is -1.46. The Morgan fingerprint density at radius 1 is 1.43 bits per heavy atom. The molecule has 1 aromatic rings. The summed E-state index contributed by atoms with van der Waals surface area (Å²) in [6, 6.07) is 3.71. The van der Waals surface area contributed by atoms with Gasteiger partial charge in [0.15, 0.2) is 0 Å². The lowest BCUT2D eigenvalue weighted by Crippen LogP contribution is -2.48. The van der Waals surface area contributed by atoms with Gasteiger partial charge in [-0.1, -0.05) is 26.8 Å². The molecule has 118 valence electrons. The van der Waals surface area contributed by atoms with Crippen molar-refractivity contribution in [2.24, 2.45) is 5.41 Å². The lowest BCUT2D eigenvalue weighted by Gasteiger charge is -2.30. The first kappa shape index (κ1) is 17.6. The van der Waals surface area contributed by atoms with E-state index >= 15 is 0 Å². The van der Waals surface area contributed by atoms with Crippen molar-refractivity contribution < 1.29 is 19.0 Å². The molecule has 2 atom stereocenters. The molecule has 0 radical (unpaired) electrons. The molecular weight excluding hydrogens is 273 g/mol. The van der Waals surface area contributed by atoms with E-state index < -0.39 is 12.1 Å². The SMILES string of the molecule is COC(=O)C(NCC(O)c1ccc(F)cc1C)C(C)(C)C. The maximum atomic E-state index is 13.1. The minimum absolute atomic E-state index is 0.184. The molecule has 2 unspecified atom stereocenters. The third-order valence-electron chi connectivity index (χ3n) is 3.41. The summed E-state index contributed by atoms with van der Waals surface area (Å²) in [7, 11) is 1.34. The number of esters is 1. The summed E-state index contributed by atoms with van der Waals surface area (Å²) in [5, 5.41) is 13.3. The Bertz CT molecular complexity index is 497. The van der Waals surface area contributed by atoms with E-state index in [1.165, 1.54) is 19.2 Å². The van der Waals surface area contributed by atoms with Gasteiger partial charge >= 0.3 is 5.97 Å². The number of halogens is 1. The molecule has 0 spiro atoms.